The van der Waals surface area contributed by atoms with Crippen molar-refractivity contribution in [2.24, 2.45) is 16.3 Å². The third-order valence-electron chi connectivity index (χ3n) is 3.14. The Balaban J connectivity index is 2.64. The Morgan fingerprint density at radius 1 is 1.57 bits per heavy atom. The van der Waals surface area contributed by atoms with E-state index in [9.17, 15) is 10.1 Å². The minimum atomic E-state index is -0.540. The fraction of sp³-hybridized carbons (Fsp3) is 0.462. The van der Waals surface area contributed by atoms with E-state index in [4.69, 9.17) is 27.3 Å². The summed E-state index contributed by atoms with van der Waals surface area (Å²) in [5, 5.41) is 22.8. The van der Waals surface area contributed by atoms with Crippen LogP contribution in [-0.4, -0.2) is 22.6 Å². The number of nitrogens with two attached hydrogens (primary N) is 1. The van der Waals surface area contributed by atoms with Crippen molar-refractivity contribution in [3.05, 3.63) is 33.3 Å². The average Bonchev–Trinajstić information content (AvgIpc) is 2.43. The molecule has 0 heterocycles. The summed E-state index contributed by atoms with van der Waals surface area (Å²) < 4.78 is 5.42. The molecule has 1 aromatic carbocycles. The van der Waals surface area contributed by atoms with Crippen LogP contribution >= 0.6 is 11.6 Å². The number of nitro benzene ring substituents is 1. The molecule has 3 N–H and O–H groups in total. The van der Waals surface area contributed by atoms with Gasteiger partial charge in [0.1, 0.15) is 5.84 Å². The number of rotatable bonds is 7. The molecule has 0 amide bonds. The highest BCUT2D eigenvalue weighted by molar-refractivity contribution is 6.32. The zero-order valence-corrected chi connectivity index (χ0v) is 12.6. The highest BCUT2D eigenvalue weighted by Crippen LogP contribution is 2.34. The van der Waals surface area contributed by atoms with Crippen LogP contribution < -0.4 is 10.5 Å². The van der Waals surface area contributed by atoms with Crippen molar-refractivity contribution in [3.63, 3.8) is 0 Å². The highest BCUT2D eigenvalue weighted by Gasteiger charge is 2.23. The van der Waals surface area contributed by atoms with Crippen molar-refractivity contribution in [1.82, 2.24) is 0 Å². The zero-order valence-electron chi connectivity index (χ0n) is 11.9. The van der Waals surface area contributed by atoms with Gasteiger partial charge in [0.2, 0.25) is 5.75 Å². The Morgan fingerprint density at radius 3 is 2.81 bits per heavy atom. The standard InChI is InChI=1S/C13H18ClN3O4/c1-13(2,12(15)16-18)7-4-8-21-11-9(14)5-3-6-10(11)17(19)20/h3,5-6,18H,4,7-8H2,1-2H3,(H2,15,16). The maximum absolute atomic E-state index is 10.9. The maximum atomic E-state index is 10.9. The number of oxime groups is 1. The minimum absolute atomic E-state index is 0.0609. The number of hydrogen-bond donors (Lipinski definition) is 2. The van der Waals surface area contributed by atoms with Crippen molar-refractivity contribution in [3.8, 4) is 5.75 Å². The van der Waals surface area contributed by atoms with Crippen LogP contribution in [0.25, 0.3) is 0 Å². The number of amidine groups is 1. The topological polar surface area (TPSA) is 111 Å². The molecule has 0 bridgehead atoms. The van der Waals surface area contributed by atoms with Crippen molar-refractivity contribution in [1.29, 1.82) is 0 Å². The van der Waals surface area contributed by atoms with Gasteiger partial charge < -0.3 is 15.7 Å². The summed E-state index contributed by atoms with van der Waals surface area (Å²) in [6.45, 7) is 3.91. The lowest BCUT2D eigenvalue weighted by Crippen LogP contribution is -2.32. The minimum Gasteiger partial charge on any atom is -0.486 e. The molecule has 8 heteroatoms. The summed E-state index contributed by atoms with van der Waals surface area (Å²) >= 11 is 5.91. The van der Waals surface area contributed by atoms with E-state index in [0.29, 0.717) is 12.8 Å². The normalized spacial score (nSPS) is 12.2. The Hall–Kier alpha value is -2.02. The second-order valence-electron chi connectivity index (χ2n) is 5.17. The average molecular weight is 316 g/mol. The van der Waals surface area contributed by atoms with Gasteiger partial charge in [0.05, 0.1) is 16.6 Å². The van der Waals surface area contributed by atoms with Crippen LogP contribution in [0.4, 0.5) is 5.69 Å². The first-order chi connectivity index (χ1) is 9.79. The Labute approximate surface area is 127 Å². The first kappa shape index (κ1) is 17.0. The predicted octanol–water partition coefficient (Wildman–Crippen LogP) is 3.18. The molecule has 7 nitrogen and oxygen atoms in total. The van der Waals surface area contributed by atoms with Crippen molar-refractivity contribution < 1.29 is 14.9 Å². The molecule has 1 aromatic rings. The lowest BCUT2D eigenvalue weighted by atomic mass is 9.87. The van der Waals surface area contributed by atoms with E-state index in [-0.39, 0.29) is 28.9 Å². The van der Waals surface area contributed by atoms with Crippen LogP contribution in [0.5, 0.6) is 5.75 Å². The van der Waals surface area contributed by atoms with Gasteiger partial charge in [0.15, 0.2) is 0 Å². The second kappa shape index (κ2) is 7.12. The van der Waals surface area contributed by atoms with Crippen LogP contribution in [0.3, 0.4) is 0 Å². The lowest BCUT2D eigenvalue weighted by Gasteiger charge is -2.22. The molecule has 0 fully saturated rings. The number of hydrogen-bond acceptors (Lipinski definition) is 5. The van der Waals surface area contributed by atoms with Gasteiger partial charge in [-0.1, -0.05) is 36.7 Å². The molecule has 0 aliphatic heterocycles. The molecule has 0 spiro atoms. The van der Waals surface area contributed by atoms with Crippen LogP contribution in [0.1, 0.15) is 26.7 Å². The molecule has 21 heavy (non-hydrogen) atoms. The Kier molecular flexibility index (Phi) is 5.78. The third-order valence-corrected chi connectivity index (χ3v) is 3.43. The smallest absolute Gasteiger partial charge is 0.312 e. The molecule has 1 rings (SSSR count). The summed E-state index contributed by atoms with van der Waals surface area (Å²) in [4.78, 5) is 10.4. The van der Waals surface area contributed by atoms with Crippen LogP contribution in [-0.2, 0) is 0 Å². The van der Waals surface area contributed by atoms with E-state index in [1.165, 1.54) is 18.2 Å². The first-order valence-electron chi connectivity index (χ1n) is 6.33. The fourth-order valence-electron chi connectivity index (χ4n) is 1.74. The van der Waals surface area contributed by atoms with Crippen LogP contribution in [0, 0.1) is 15.5 Å². The Morgan fingerprint density at radius 2 is 2.24 bits per heavy atom. The molecule has 0 unspecified atom stereocenters. The number of nitrogens with zero attached hydrogens (tertiary/aromatic N) is 2. The van der Waals surface area contributed by atoms with E-state index >= 15 is 0 Å². The largest absolute Gasteiger partial charge is 0.486 e. The molecule has 0 saturated heterocycles. The van der Waals surface area contributed by atoms with Gasteiger partial charge in [-0.2, -0.15) is 0 Å². The van der Waals surface area contributed by atoms with Gasteiger partial charge in [0.25, 0.3) is 0 Å². The van der Waals surface area contributed by atoms with E-state index in [1.54, 1.807) is 0 Å². The number of benzene rings is 1. The van der Waals surface area contributed by atoms with Crippen molar-refractivity contribution in [2.75, 3.05) is 6.61 Å². The van der Waals surface area contributed by atoms with Gasteiger partial charge in [-0.25, -0.2) is 0 Å². The molecule has 0 atom stereocenters. The number of ether oxygens (including phenoxy) is 1. The predicted molar refractivity (Wildman–Crippen MR) is 80.0 cm³/mol. The molecule has 0 aliphatic carbocycles. The van der Waals surface area contributed by atoms with Crippen molar-refractivity contribution >= 4 is 23.1 Å². The molecular formula is C13H18ClN3O4. The van der Waals surface area contributed by atoms with Gasteiger partial charge >= 0.3 is 5.69 Å². The summed E-state index contributed by atoms with van der Waals surface area (Å²) in [7, 11) is 0. The van der Waals surface area contributed by atoms with Gasteiger partial charge in [-0.05, 0) is 18.9 Å². The van der Waals surface area contributed by atoms with Gasteiger partial charge in [-0.15, -0.1) is 0 Å². The number of para-hydroxylation sites is 1. The number of halogens is 1. The van der Waals surface area contributed by atoms with E-state index in [2.05, 4.69) is 5.16 Å². The SMILES string of the molecule is CC(C)(CCCOc1c(Cl)cccc1[N+](=O)[O-])/C(N)=N/O. The monoisotopic (exact) mass is 315 g/mol. The molecular weight excluding hydrogens is 298 g/mol. The second-order valence-corrected chi connectivity index (χ2v) is 5.57. The molecule has 0 saturated carbocycles. The maximum Gasteiger partial charge on any atom is 0.312 e. The summed E-state index contributed by atoms with van der Waals surface area (Å²) in [5.41, 5.74) is 4.93. The first-order valence-corrected chi connectivity index (χ1v) is 6.71. The Bertz CT molecular complexity index is 546. The fourth-order valence-corrected chi connectivity index (χ4v) is 1.96. The molecule has 0 radical (unpaired) electrons. The van der Waals surface area contributed by atoms with E-state index in [1.807, 2.05) is 13.8 Å². The van der Waals surface area contributed by atoms with Crippen LogP contribution in [0.15, 0.2) is 23.4 Å². The van der Waals surface area contributed by atoms with Crippen LogP contribution in [0.2, 0.25) is 5.02 Å². The van der Waals surface area contributed by atoms with Crippen molar-refractivity contribution in [2.45, 2.75) is 26.7 Å². The summed E-state index contributed by atoms with van der Waals surface area (Å²) in [6.07, 6.45) is 1.17. The van der Waals surface area contributed by atoms with E-state index in [0.717, 1.165) is 0 Å². The highest BCUT2D eigenvalue weighted by atomic mass is 35.5. The zero-order chi connectivity index (χ0) is 16.0. The number of nitro groups is 1. The third kappa shape index (κ3) is 4.49. The van der Waals surface area contributed by atoms with Gasteiger partial charge in [-0.3, -0.25) is 10.1 Å². The quantitative estimate of drug-likeness (QED) is 0.200. The van der Waals surface area contributed by atoms with E-state index < -0.39 is 10.3 Å². The summed E-state index contributed by atoms with van der Waals surface area (Å²) in [6, 6.07) is 4.36. The molecule has 0 aromatic heterocycles. The van der Waals surface area contributed by atoms with Gasteiger partial charge in [0, 0.05) is 11.5 Å². The summed E-state index contributed by atoms with van der Waals surface area (Å²) in [5.74, 6) is 0.192. The molecule has 116 valence electrons. The molecule has 0 aliphatic rings. The lowest BCUT2D eigenvalue weighted by molar-refractivity contribution is -0.385.